The number of hydrogen-bond donors (Lipinski definition) is 0. The van der Waals surface area contributed by atoms with Crippen LogP contribution < -0.4 is 9.64 Å². The fraction of sp³-hybridized carbons (Fsp3) is 0.0571. The van der Waals surface area contributed by atoms with E-state index in [1.807, 2.05) is 11.3 Å². The number of rotatable bonds is 3. The van der Waals surface area contributed by atoms with Gasteiger partial charge >= 0.3 is 0 Å². The van der Waals surface area contributed by atoms with Crippen LogP contribution in [0.5, 0.6) is 11.5 Å². The summed E-state index contributed by atoms with van der Waals surface area (Å²) in [6.07, 6.45) is 0. The third-order valence-electron chi connectivity index (χ3n) is 16.7. The highest BCUT2D eigenvalue weighted by Crippen LogP contribution is 2.64. The molecule has 4 aliphatic rings. The average Bonchev–Trinajstić information content (AvgIpc) is 3.98. The molecule has 1 aromatic heterocycles. The molecule has 0 radical (unpaired) electrons. The minimum atomic E-state index is -0.695. The quantitative estimate of drug-likeness (QED) is 0.175. The van der Waals surface area contributed by atoms with Gasteiger partial charge < -0.3 is 9.64 Å². The molecule has 0 saturated carbocycles. The lowest BCUT2D eigenvalue weighted by Crippen LogP contribution is -2.29. The van der Waals surface area contributed by atoms with Gasteiger partial charge in [-0.1, -0.05) is 196 Å². The van der Waals surface area contributed by atoms with E-state index in [2.05, 4.69) is 255 Å². The second-order valence-corrected chi connectivity index (χ2v) is 21.7. The largest absolute Gasteiger partial charge is 0.454 e. The number of nitrogens with zero attached hydrogens (tertiary/aromatic N) is 1. The predicted molar refractivity (Wildman–Crippen MR) is 304 cm³/mol. The SMILES string of the molecule is CC1(C)c2ccccc2-c2ccc(N(c3ccc4c(c3)C3(c5ccccc5-c5ccccc5-4)c4ccccc4-c4cc5sc6ccccc6c5cc43)c3cccc4c3Oc3ccccc3-c3ccccc3-4)cc21. The molecule has 342 valence electrons. The highest BCUT2D eigenvalue weighted by molar-refractivity contribution is 7.25. The van der Waals surface area contributed by atoms with Gasteiger partial charge in [-0.15, -0.1) is 11.3 Å². The molecule has 0 bridgehead atoms. The number of benzene rings is 11. The minimum Gasteiger partial charge on any atom is -0.454 e. The van der Waals surface area contributed by atoms with Crippen molar-refractivity contribution in [2.24, 2.45) is 0 Å². The van der Waals surface area contributed by atoms with Gasteiger partial charge in [-0.05, 0) is 144 Å². The van der Waals surface area contributed by atoms with Gasteiger partial charge in [0.25, 0.3) is 0 Å². The van der Waals surface area contributed by atoms with Crippen LogP contribution in [0.1, 0.15) is 47.2 Å². The molecule has 0 N–H and O–H groups in total. The lowest BCUT2D eigenvalue weighted by Gasteiger charge is -2.37. The predicted octanol–water partition coefficient (Wildman–Crippen LogP) is 19.3. The van der Waals surface area contributed by atoms with E-state index in [-0.39, 0.29) is 5.41 Å². The van der Waals surface area contributed by atoms with Gasteiger partial charge in [0, 0.05) is 48.1 Å². The molecule has 1 spiro atoms. The first kappa shape index (κ1) is 40.9. The van der Waals surface area contributed by atoms with Crippen molar-refractivity contribution < 1.29 is 4.74 Å². The summed E-state index contributed by atoms with van der Waals surface area (Å²) in [6.45, 7) is 4.75. The Balaban J connectivity index is 1.03. The van der Waals surface area contributed by atoms with Crippen LogP contribution in [0, 0.1) is 0 Å². The van der Waals surface area contributed by atoms with E-state index in [1.54, 1.807) is 0 Å². The van der Waals surface area contributed by atoms with E-state index in [1.165, 1.54) is 98.1 Å². The van der Waals surface area contributed by atoms with Crippen LogP contribution in [-0.2, 0) is 10.8 Å². The summed E-state index contributed by atoms with van der Waals surface area (Å²) in [5, 5.41) is 2.60. The third kappa shape index (κ3) is 5.47. The Kier molecular flexibility index (Phi) is 8.35. The fourth-order valence-electron chi connectivity index (χ4n) is 13.6. The van der Waals surface area contributed by atoms with Crippen LogP contribution in [0.25, 0.3) is 86.9 Å². The maximum Gasteiger partial charge on any atom is 0.159 e. The average molecular weight is 948 g/mol. The van der Waals surface area contributed by atoms with E-state index in [0.29, 0.717) is 0 Å². The summed E-state index contributed by atoms with van der Waals surface area (Å²) in [5.74, 6) is 1.67. The van der Waals surface area contributed by atoms with E-state index < -0.39 is 5.41 Å². The minimum absolute atomic E-state index is 0.213. The smallest absolute Gasteiger partial charge is 0.159 e. The molecular weight excluding hydrogens is 903 g/mol. The van der Waals surface area contributed by atoms with Crippen molar-refractivity contribution in [2.75, 3.05) is 4.90 Å². The normalized spacial score (nSPS) is 15.5. The van der Waals surface area contributed by atoms with Crippen molar-refractivity contribution in [1.82, 2.24) is 0 Å². The van der Waals surface area contributed by atoms with Crippen LogP contribution in [0.4, 0.5) is 17.1 Å². The van der Waals surface area contributed by atoms with Gasteiger partial charge in [-0.25, -0.2) is 0 Å². The van der Waals surface area contributed by atoms with Gasteiger partial charge in [0.15, 0.2) is 5.75 Å². The highest BCUT2D eigenvalue weighted by atomic mass is 32.1. The number of anilines is 3. The van der Waals surface area contributed by atoms with Crippen LogP contribution >= 0.6 is 11.3 Å². The second-order valence-electron chi connectivity index (χ2n) is 20.6. The number of para-hydroxylation sites is 2. The lowest BCUT2D eigenvalue weighted by atomic mass is 9.65. The molecule has 2 heterocycles. The first-order chi connectivity index (χ1) is 36.0. The standard InChI is InChI=1S/C70H45NOS/c1-69(2)58-28-12-7-23-49(58)52-37-35-42(38-61(52)69)71(64-31-17-27-55-47-21-6-5-20-46(47)53-25-10-15-32-65(53)72-68(55)64)43-34-36-51-45-19-4-3-18-44(45)48-22-8-13-29-59(48)70(62(51)39-43)60-30-14-9-24-50(60)56-41-67-57(40-63(56)70)54-26-11-16-33-66(54)73-67/h3-41H,1-2H3. The molecule has 3 aliphatic carbocycles. The Labute approximate surface area is 428 Å². The first-order valence-electron chi connectivity index (χ1n) is 25.4. The molecule has 11 aromatic carbocycles. The van der Waals surface area contributed by atoms with Crippen molar-refractivity contribution in [2.45, 2.75) is 24.7 Å². The highest BCUT2D eigenvalue weighted by Gasteiger charge is 2.50. The summed E-state index contributed by atoms with van der Waals surface area (Å²) in [6, 6.07) is 88.8. The Hall–Kier alpha value is -8.76. The zero-order valence-electron chi connectivity index (χ0n) is 40.3. The fourth-order valence-corrected chi connectivity index (χ4v) is 14.7. The molecule has 0 amide bonds. The van der Waals surface area contributed by atoms with Gasteiger partial charge in [0.05, 0.1) is 11.1 Å². The van der Waals surface area contributed by atoms with Crippen molar-refractivity contribution in [3.05, 3.63) is 270 Å². The Morgan fingerprint density at radius 1 is 0.329 bits per heavy atom. The first-order valence-corrected chi connectivity index (χ1v) is 26.2. The van der Waals surface area contributed by atoms with Gasteiger partial charge in [-0.2, -0.15) is 0 Å². The van der Waals surface area contributed by atoms with Crippen LogP contribution in [0.3, 0.4) is 0 Å². The summed E-state index contributed by atoms with van der Waals surface area (Å²) in [7, 11) is 0. The maximum absolute atomic E-state index is 7.36. The van der Waals surface area contributed by atoms with Gasteiger partial charge in [0.2, 0.25) is 0 Å². The molecule has 16 rings (SSSR count). The molecule has 0 saturated heterocycles. The summed E-state index contributed by atoms with van der Waals surface area (Å²) in [4.78, 5) is 2.49. The molecule has 1 unspecified atom stereocenters. The number of hydrogen-bond acceptors (Lipinski definition) is 3. The Morgan fingerprint density at radius 3 is 1.51 bits per heavy atom. The molecule has 1 aliphatic heterocycles. The molecular formula is C70H45NOS. The van der Waals surface area contributed by atoms with Crippen LogP contribution in [-0.4, -0.2) is 0 Å². The maximum atomic E-state index is 7.36. The van der Waals surface area contributed by atoms with Crippen molar-refractivity contribution in [1.29, 1.82) is 0 Å². The number of ether oxygens (including phenoxy) is 1. The second kappa shape index (κ2) is 14.9. The molecule has 12 aromatic rings. The Morgan fingerprint density at radius 2 is 0.808 bits per heavy atom. The van der Waals surface area contributed by atoms with E-state index in [9.17, 15) is 0 Å². The van der Waals surface area contributed by atoms with Crippen molar-refractivity contribution in [3.63, 3.8) is 0 Å². The van der Waals surface area contributed by atoms with E-state index in [4.69, 9.17) is 4.74 Å². The lowest BCUT2D eigenvalue weighted by molar-refractivity contribution is 0.489. The third-order valence-corrected chi connectivity index (χ3v) is 17.8. The van der Waals surface area contributed by atoms with E-state index in [0.717, 1.165) is 50.8 Å². The van der Waals surface area contributed by atoms with Crippen molar-refractivity contribution >= 4 is 48.6 Å². The molecule has 1 atom stereocenters. The summed E-state index contributed by atoms with van der Waals surface area (Å²) in [5.41, 5.74) is 24.6. The molecule has 2 nitrogen and oxygen atoms in total. The molecule has 73 heavy (non-hydrogen) atoms. The summed E-state index contributed by atoms with van der Waals surface area (Å²) < 4.78 is 9.99. The van der Waals surface area contributed by atoms with Crippen LogP contribution in [0.15, 0.2) is 237 Å². The summed E-state index contributed by atoms with van der Waals surface area (Å²) >= 11 is 1.89. The zero-order chi connectivity index (χ0) is 48.2. The monoisotopic (exact) mass is 947 g/mol. The number of thiophene rings is 1. The van der Waals surface area contributed by atoms with E-state index >= 15 is 0 Å². The van der Waals surface area contributed by atoms with Gasteiger partial charge in [-0.3, -0.25) is 0 Å². The Bertz CT molecular complexity index is 4360. The van der Waals surface area contributed by atoms with Gasteiger partial charge in [0.1, 0.15) is 5.75 Å². The topological polar surface area (TPSA) is 12.5 Å². The zero-order valence-corrected chi connectivity index (χ0v) is 41.1. The molecule has 0 fully saturated rings. The molecule has 3 heteroatoms. The van der Waals surface area contributed by atoms with Crippen LogP contribution in [0.2, 0.25) is 0 Å². The van der Waals surface area contributed by atoms with Crippen molar-refractivity contribution in [3.8, 4) is 78.3 Å². The number of fused-ring (bicyclic) bond motifs is 23.